The first-order valence-corrected chi connectivity index (χ1v) is 5.40. The van der Waals surface area contributed by atoms with E-state index in [2.05, 4.69) is 0 Å². The molecule has 1 atom stereocenters. The van der Waals surface area contributed by atoms with Crippen molar-refractivity contribution in [1.82, 2.24) is 0 Å². The number of carbonyl (C=O) groups is 1. The lowest BCUT2D eigenvalue weighted by Gasteiger charge is -2.17. The molecule has 16 heavy (non-hydrogen) atoms. The molecule has 0 bridgehead atoms. The van der Waals surface area contributed by atoms with Gasteiger partial charge in [-0.3, -0.25) is 4.79 Å². The number of hydrogen-bond donors (Lipinski definition) is 0. The predicted octanol–water partition coefficient (Wildman–Crippen LogP) is 2.96. The van der Waals surface area contributed by atoms with Crippen LogP contribution in [0.1, 0.15) is 6.42 Å². The van der Waals surface area contributed by atoms with Crippen LogP contribution in [0.15, 0.2) is 12.1 Å². The fourth-order valence-electron chi connectivity index (χ4n) is 1.62. The monoisotopic (exact) mass is 265 g/mol. The van der Waals surface area contributed by atoms with E-state index in [1.54, 1.807) is 0 Å². The maximum Gasteiger partial charge on any atom is 0.228 e. The minimum Gasteiger partial charge on any atom is -0.308 e. The molecule has 0 radical (unpaired) electrons. The molecule has 2 rings (SSSR count). The van der Waals surface area contributed by atoms with E-state index < -0.39 is 16.7 Å². The molecule has 0 saturated carbocycles. The number of rotatable bonds is 1. The van der Waals surface area contributed by atoms with Gasteiger partial charge in [0.2, 0.25) is 5.91 Å². The second-order valence-corrected chi connectivity index (χ2v) is 4.50. The predicted molar refractivity (Wildman–Crippen MR) is 58.0 cm³/mol. The minimum atomic E-state index is -0.930. The van der Waals surface area contributed by atoms with Crippen LogP contribution in [-0.2, 0) is 4.79 Å². The first-order valence-electron chi connectivity index (χ1n) is 4.58. The number of benzene rings is 1. The molecule has 2 nitrogen and oxygen atoms in total. The smallest absolute Gasteiger partial charge is 0.228 e. The Bertz CT molecular complexity index is 453. The molecular weight excluding hydrogens is 259 g/mol. The molecule has 86 valence electrons. The fourth-order valence-corrected chi connectivity index (χ4v) is 2.05. The fraction of sp³-hybridized carbons (Fsp3) is 0.300. The zero-order chi connectivity index (χ0) is 11.9. The summed E-state index contributed by atoms with van der Waals surface area (Å²) in [6.07, 6.45) is 0.149. The molecule has 6 heteroatoms. The highest BCUT2D eigenvalue weighted by molar-refractivity contribution is 6.31. The van der Waals surface area contributed by atoms with E-state index in [-0.39, 0.29) is 29.9 Å². The van der Waals surface area contributed by atoms with Gasteiger partial charge in [0.15, 0.2) is 5.82 Å². The van der Waals surface area contributed by atoms with Crippen molar-refractivity contribution in [2.45, 2.75) is 11.8 Å². The quantitative estimate of drug-likeness (QED) is 0.565. The lowest BCUT2D eigenvalue weighted by molar-refractivity contribution is -0.117. The molecule has 1 aromatic carbocycles. The lowest BCUT2D eigenvalue weighted by atomic mass is 10.2. The summed E-state index contributed by atoms with van der Waals surface area (Å²) in [5.74, 6) is -2.07. The molecule has 0 aromatic heterocycles. The van der Waals surface area contributed by atoms with Crippen LogP contribution in [0.25, 0.3) is 0 Å². The van der Waals surface area contributed by atoms with E-state index in [4.69, 9.17) is 23.2 Å². The minimum absolute atomic E-state index is 0.0282. The summed E-state index contributed by atoms with van der Waals surface area (Å²) in [6, 6.07) is 2.21. The number of hydrogen-bond acceptors (Lipinski definition) is 1. The third-order valence-corrected chi connectivity index (χ3v) is 3.02. The highest BCUT2D eigenvalue weighted by Crippen LogP contribution is 2.31. The Morgan fingerprint density at radius 2 is 2.06 bits per heavy atom. The average Bonchev–Trinajstić information content (AvgIpc) is 2.55. The summed E-state index contributed by atoms with van der Waals surface area (Å²) in [7, 11) is 0. The van der Waals surface area contributed by atoms with Crippen LogP contribution in [0.2, 0.25) is 5.02 Å². The zero-order valence-corrected chi connectivity index (χ0v) is 9.53. The molecule has 1 aliphatic heterocycles. The summed E-state index contributed by atoms with van der Waals surface area (Å²) in [5.41, 5.74) is -0.0282. The van der Waals surface area contributed by atoms with Gasteiger partial charge in [-0.15, -0.1) is 11.6 Å². The molecule has 1 heterocycles. The molecule has 1 unspecified atom stereocenters. The number of nitrogens with zero attached hydrogens (tertiary/aromatic N) is 1. The third kappa shape index (κ3) is 1.87. The normalized spacial score (nSPS) is 20.6. The second-order valence-electron chi connectivity index (χ2n) is 3.50. The Hall–Kier alpha value is -0.870. The molecule has 1 saturated heterocycles. The molecule has 0 spiro atoms. The Morgan fingerprint density at radius 3 is 2.62 bits per heavy atom. The van der Waals surface area contributed by atoms with Crippen LogP contribution in [-0.4, -0.2) is 17.8 Å². The standard InChI is InChI=1S/C10H7Cl2F2NO/c11-5-3-8(16)15(4-5)7-2-1-6(13)9(12)10(7)14/h1-2,5H,3-4H2. The maximum absolute atomic E-state index is 13.6. The van der Waals surface area contributed by atoms with Gasteiger partial charge < -0.3 is 4.90 Å². The maximum atomic E-state index is 13.6. The molecule has 1 amide bonds. The lowest BCUT2D eigenvalue weighted by Crippen LogP contribution is -2.25. The van der Waals surface area contributed by atoms with E-state index in [9.17, 15) is 13.6 Å². The van der Waals surface area contributed by atoms with Gasteiger partial charge in [0.05, 0.1) is 11.1 Å². The van der Waals surface area contributed by atoms with Crippen molar-refractivity contribution in [3.8, 4) is 0 Å². The largest absolute Gasteiger partial charge is 0.308 e. The summed E-state index contributed by atoms with van der Waals surface area (Å²) >= 11 is 11.2. The van der Waals surface area contributed by atoms with Crippen LogP contribution < -0.4 is 4.90 Å². The van der Waals surface area contributed by atoms with Gasteiger partial charge in [-0.2, -0.15) is 0 Å². The number of amides is 1. The molecule has 0 N–H and O–H groups in total. The van der Waals surface area contributed by atoms with Gasteiger partial charge in [-0.05, 0) is 12.1 Å². The van der Waals surface area contributed by atoms with E-state index in [0.29, 0.717) is 0 Å². The summed E-state index contributed by atoms with van der Waals surface area (Å²) in [5, 5.41) is -0.959. The van der Waals surface area contributed by atoms with E-state index >= 15 is 0 Å². The Kier molecular flexibility index (Phi) is 3.04. The van der Waals surface area contributed by atoms with Crippen molar-refractivity contribution in [3.05, 3.63) is 28.8 Å². The van der Waals surface area contributed by atoms with Crippen LogP contribution in [0, 0.1) is 11.6 Å². The summed E-state index contributed by atoms with van der Waals surface area (Å²) in [4.78, 5) is 12.7. The molecule has 0 aliphatic carbocycles. The van der Waals surface area contributed by atoms with Crippen LogP contribution >= 0.6 is 23.2 Å². The highest BCUT2D eigenvalue weighted by Gasteiger charge is 2.31. The Balaban J connectivity index is 2.42. The van der Waals surface area contributed by atoms with Crippen molar-refractivity contribution >= 4 is 34.8 Å². The van der Waals surface area contributed by atoms with Gasteiger partial charge in [-0.25, -0.2) is 8.78 Å². The molecule has 1 fully saturated rings. The van der Waals surface area contributed by atoms with Crippen molar-refractivity contribution in [2.24, 2.45) is 0 Å². The third-order valence-electron chi connectivity index (χ3n) is 2.38. The van der Waals surface area contributed by atoms with Gasteiger partial charge in [-0.1, -0.05) is 11.6 Å². The van der Waals surface area contributed by atoms with Gasteiger partial charge in [0.25, 0.3) is 0 Å². The van der Waals surface area contributed by atoms with Crippen molar-refractivity contribution in [3.63, 3.8) is 0 Å². The van der Waals surface area contributed by atoms with Crippen LogP contribution in [0.3, 0.4) is 0 Å². The van der Waals surface area contributed by atoms with Crippen molar-refractivity contribution in [2.75, 3.05) is 11.4 Å². The van der Waals surface area contributed by atoms with E-state index in [1.807, 2.05) is 0 Å². The van der Waals surface area contributed by atoms with Crippen LogP contribution in [0.4, 0.5) is 14.5 Å². The number of halogens is 4. The molecular formula is C10H7Cl2F2NO. The molecule has 1 aromatic rings. The van der Waals surface area contributed by atoms with E-state index in [0.717, 1.165) is 6.07 Å². The Morgan fingerprint density at radius 1 is 1.38 bits per heavy atom. The number of carbonyl (C=O) groups excluding carboxylic acids is 1. The molecule has 1 aliphatic rings. The van der Waals surface area contributed by atoms with Crippen molar-refractivity contribution < 1.29 is 13.6 Å². The first kappa shape index (κ1) is 11.6. The second kappa shape index (κ2) is 4.18. The van der Waals surface area contributed by atoms with Gasteiger partial charge in [0, 0.05) is 13.0 Å². The van der Waals surface area contributed by atoms with E-state index in [1.165, 1.54) is 11.0 Å². The number of anilines is 1. The van der Waals surface area contributed by atoms with Gasteiger partial charge in [0.1, 0.15) is 10.8 Å². The SMILES string of the molecule is O=C1CC(Cl)CN1c1ccc(F)c(Cl)c1F. The highest BCUT2D eigenvalue weighted by atomic mass is 35.5. The number of alkyl halides is 1. The van der Waals surface area contributed by atoms with Gasteiger partial charge >= 0.3 is 0 Å². The van der Waals surface area contributed by atoms with Crippen molar-refractivity contribution in [1.29, 1.82) is 0 Å². The summed E-state index contributed by atoms with van der Waals surface area (Å²) in [6.45, 7) is 0.208. The van der Waals surface area contributed by atoms with Crippen LogP contribution in [0.5, 0.6) is 0 Å². The first-order chi connectivity index (χ1) is 7.50. The summed E-state index contributed by atoms with van der Waals surface area (Å²) < 4.78 is 26.5. The average molecular weight is 266 g/mol. The topological polar surface area (TPSA) is 20.3 Å². The zero-order valence-electron chi connectivity index (χ0n) is 8.01. The Labute approximate surface area is 101 Å².